The molecule has 1 fully saturated rings. The summed E-state index contributed by atoms with van der Waals surface area (Å²) in [6.45, 7) is 3.92. The standard InChI is InChI=1S/C21H26N2O4/c1-25-18-12-17(13-19(14-18)26-2)21(24)22-20(16-6-4-3-5-7-16)15-23-8-10-27-11-9-23/h3-7,12-14,20H,8-11,15H2,1-2H3,(H,22,24). The number of rotatable bonds is 7. The first-order valence-electron chi connectivity index (χ1n) is 9.08. The van der Waals surface area contributed by atoms with Crippen LogP contribution in [0.5, 0.6) is 11.5 Å². The predicted molar refractivity (Wildman–Crippen MR) is 103 cm³/mol. The molecule has 1 saturated heterocycles. The second kappa shape index (κ2) is 9.39. The normalized spacial score (nSPS) is 15.8. The highest BCUT2D eigenvalue weighted by atomic mass is 16.5. The fourth-order valence-corrected chi connectivity index (χ4v) is 3.14. The molecule has 3 rings (SSSR count). The first kappa shape index (κ1) is 19.2. The van der Waals surface area contributed by atoms with Crippen LogP contribution in [0, 0.1) is 0 Å². The third-order valence-electron chi connectivity index (χ3n) is 4.67. The summed E-state index contributed by atoms with van der Waals surface area (Å²) in [5, 5.41) is 3.17. The highest BCUT2D eigenvalue weighted by Crippen LogP contribution is 2.23. The number of carbonyl (C=O) groups is 1. The maximum Gasteiger partial charge on any atom is 0.252 e. The van der Waals surface area contributed by atoms with Crippen LogP contribution in [0.3, 0.4) is 0 Å². The van der Waals surface area contributed by atoms with Crippen LogP contribution >= 0.6 is 0 Å². The molecule has 0 bridgehead atoms. The second-order valence-corrected chi connectivity index (χ2v) is 6.45. The van der Waals surface area contributed by atoms with Crippen LogP contribution in [0.4, 0.5) is 0 Å². The van der Waals surface area contributed by atoms with E-state index in [9.17, 15) is 4.79 Å². The van der Waals surface area contributed by atoms with E-state index < -0.39 is 0 Å². The fraction of sp³-hybridized carbons (Fsp3) is 0.381. The number of carbonyl (C=O) groups excluding carboxylic acids is 1. The van der Waals surface area contributed by atoms with Gasteiger partial charge in [-0.05, 0) is 17.7 Å². The Bertz CT molecular complexity index is 723. The van der Waals surface area contributed by atoms with Crippen molar-refractivity contribution in [2.75, 3.05) is 47.1 Å². The zero-order valence-electron chi connectivity index (χ0n) is 15.8. The van der Waals surface area contributed by atoms with Gasteiger partial charge in [0.2, 0.25) is 0 Å². The summed E-state index contributed by atoms with van der Waals surface area (Å²) in [6.07, 6.45) is 0. The molecule has 0 spiro atoms. The summed E-state index contributed by atoms with van der Waals surface area (Å²) in [5.74, 6) is 1.02. The Kier molecular flexibility index (Phi) is 6.68. The number of nitrogens with zero attached hydrogens (tertiary/aromatic N) is 1. The quantitative estimate of drug-likeness (QED) is 0.812. The predicted octanol–water partition coefficient (Wildman–Crippen LogP) is 2.51. The molecule has 1 aliphatic rings. The summed E-state index contributed by atoms with van der Waals surface area (Å²) in [5.41, 5.74) is 1.58. The third kappa shape index (κ3) is 5.21. The van der Waals surface area contributed by atoms with Gasteiger partial charge in [0.05, 0.1) is 33.5 Å². The van der Waals surface area contributed by atoms with E-state index >= 15 is 0 Å². The molecule has 1 amide bonds. The van der Waals surface area contributed by atoms with E-state index in [1.54, 1.807) is 32.4 Å². The summed E-state index contributed by atoms with van der Waals surface area (Å²) < 4.78 is 16.0. The minimum Gasteiger partial charge on any atom is -0.497 e. The van der Waals surface area contributed by atoms with Gasteiger partial charge >= 0.3 is 0 Å². The topological polar surface area (TPSA) is 60.0 Å². The lowest BCUT2D eigenvalue weighted by Gasteiger charge is -2.31. The second-order valence-electron chi connectivity index (χ2n) is 6.45. The number of hydrogen-bond donors (Lipinski definition) is 1. The summed E-state index contributed by atoms with van der Waals surface area (Å²) in [7, 11) is 3.14. The number of hydrogen-bond acceptors (Lipinski definition) is 5. The zero-order valence-corrected chi connectivity index (χ0v) is 15.8. The van der Waals surface area contributed by atoms with E-state index in [2.05, 4.69) is 10.2 Å². The molecule has 0 aliphatic carbocycles. The van der Waals surface area contributed by atoms with Gasteiger partial charge in [-0.1, -0.05) is 30.3 Å². The van der Waals surface area contributed by atoms with Gasteiger partial charge < -0.3 is 19.5 Å². The van der Waals surface area contributed by atoms with Crippen LogP contribution in [-0.4, -0.2) is 57.9 Å². The highest BCUT2D eigenvalue weighted by Gasteiger charge is 2.21. The molecule has 0 radical (unpaired) electrons. The molecule has 1 N–H and O–H groups in total. The van der Waals surface area contributed by atoms with Crippen molar-refractivity contribution >= 4 is 5.91 Å². The van der Waals surface area contributed by atoms with E-state index in [4.69, 9.17) is 14.2 Å². The molecule has 1 unspecified atom stereocenters. The number of nitrogens with one attached hydrogen (secondary N) is 1. The first-order chi connectivity index (χ1) is 13.2. The summed E-state index contributed by atoms with van der Waals surface area (Å²) >= 11 is 0. The van der Waals surface area contributed by atoms with Crippen LogP contribution < -0.4 is 14.8 Å². The van der Waals surface area contributed by atoms with Crippen LogP contribution in [0.15, 0.2) is 48.5 Å². The van der Waals surface area contributed by atoms with Gasteiger partial charge in [0.15, 0.2) is 0 Å². The SMILES string of the molecule is COc1cc(OC)cc(C(=O)NC(CN2CCOCC2)c2ccccc2)c1. The Balaban J connectivity index is 1.79. The van der Waals surface area contributed by atoms with Crippen molar-refractivity contribution in [3.63, 3.8) is 0 Å². The lowest BCUT2D eigenvalue weighted by Crippen LogP contribution is -2.43. The van der Waals surface area contributed by atoms with Crippen LogP contribution in [0.2, 0.25) is 0 Å². The average Bonchev–Trinajstić information content (AvgIpc) is 2.74. The van der Waals surface area contributed by atoms with Crippen molar-refractivity contribution < 1.29 is 19.0 Å². The smallest absolute Gasteiger partial charge is 0.252 e. The molecule has 144 valence electrons. The van der Waals surface area contributed by atoms with Crippen molar-refractivity contribution in [2.24, 2.45) is 0 Å². The number of benzene rings is 2. The lowest BCUT2D eigenvalue weighted by atomic mass is 10.0. The van der Waals surface area contributed by atoms with Crippen molar-refractivity contribution in [3.05, 3.63) is 59.7 Å². The molecule has 6 nitrogen and oxygen atoms in total. The minimum atomic E-state index is -0.158. The average molecular weight is 370 g/mol. The molecular formula is C21H26N2O4. The Morgan fingerprint density at radius 1 is 1.07 bits per heavy atom. The van der Waals surface area contributed by atoms with E-state index in [1.807, 2.05) is 30.3 Å². The van der Waals surface area contributed by atoms with Gasteiger partial charge in [-0.3, -0.25) is 9.69 Å². The molecule has 0 aromatic heterocycles. The molecule has 1 atom stereocenters. The Morgan fingerprint density at radius 3 is 2.30 bits per heavy atom. The van der Waals surface area contributed by atoms with Crippen molar-refractivity contribution in [3.8, 4) is 11.5 Å². The van der Waals surface area contributed by atoms with Crippen molar-refractivity contribution in [1.82, 2.24) is 10.2 Å². The molecular weight excluding hydrogens is 344 g/mol. The number of ether oxygens (including phenoxy) is 3. The highest BCUT2D eigenvalue weighted by molar-refractivity contribution is 5.95. The monoisotopic (exact) mass is 370 g/mol. The van der Waals surface area contributed by atoms with Crippen LogP contribution in [0.1, 0.15) is 22.0 Å². The van der Waals surface area contributed by atoms with E-state index in [1.165, 1.54) is 0 Å². The zero-order chi connectivity index (χ0) is 19.1. The molecule has 1 heterocycles. The molecule has 2 aromatic carbocycles. The molecule has 0 saturated carbocycles. The number of methoxy groups -OCH3 is 2. The first-order valence-corrected chi connectivity index (χ1v) is 9.08. The summed E-state index contributed by atoms with van der Waals surface area (Å²) in [4.78, 5) is 15.3. The van der Waals surface area contributed by atoms with E-state index in [0.29, 0.717) is 17.1 Å². The van der Waals surface area contributed by atoms with Gasteiger partial charge in [-0.25, -0.2) is 0 Å². The van der Waals surface area contributed by atoms with Crippen molar-refractivity contribution in [2.45, 2.75) is 6.04 Å². The Labute approximate surface area is 160 Å². The van der Waals surface area contributed by atoms with Crippen molar-refractivity contribution in [1.29, 1.82) is 0 Å². The maximum absolute atomic E-state index is 12.9. The maximum atomic E-state index is 12.9. The largest absolute Gasteiger partial charge is 0.497 e. The van der Waals surface area contributed by atoms with Crippen LogP contribution in [0.25, 0.3) is 0 Å². The number of amides is 1. The van der Waals surface area contributed by atoms with Gasteiger partial charge in [0.25, 0.3) is 5.91 Å². The molecule has 6 heteroatoms. The van der Waals surface area contributed by atoms with E-state index in [-0.39, 0.29) is 11.9 Å². The number of morpholine rings is 1. The third-order valence-corrected chi connectivity index (χ3v) is 4.67. The fourth-order valence-electron chi connectivity index (χ4n) is 3.14. The van der Waals surface area contributed by atoms with E-state index in [0.717, 1.165) is 38.4 Å². The van der Waals surface area contributed by atoms with Gasteiger partial charge in [0, 0.05) is 31.3 Å². The van der Waals surface area contributed by atoms with Gasteiger partial charge in [-0.15, -0.1) is 0 Å². The Hall–Kier alpha value is -2.57. The molecule has 1 aliphatic heterocycles. The lowest BCUT2D eigenvalue weighted by molar-refractivity contribution is 0.0332. The minimum absolute atomic E-state index is 0.117. The van der Waals surface area contributed by atoms with Crippen LogP contribution in [-0.2, 0) is 4.74 Å². The van der Waals surface area contributed by atoms with Gasteiger partial charge in [0.1, 0.15) is 11.5 Å². The molecule has 27 heavy (non-hydrogen) atoms. The molecule has 2 aromatic rings. The Morgan fingerprint density at radius 2 is 1.70 bits per heavy atom. The summed E-state index contributed by atoms with van der Waals surface area (Å²) in [6, 6.07) is 15.1. The van der Waals surface area contributed by atoms with Gasteiger partial charge in [-0.2, -0.15) is 0 Å².